The molecule has 2 aromatic rings. The van der Waals surface area contributed by atoms with Crippen LogP contribution in [0.2, 0.25) is 0 Å². The number of nitrogens with one attached hydrogen (secondary N) is 2. The molecule has 4 N–H and O–H groups in total. The van der Waals surface area contributed by atoms with Crippen molar-refractivity contribution in [3.63, 3.8) is 0 Å². The first kappa shape index (κ1) is 16.2. The number of carbonyl (C=O) groups excluding carboxylic acids is 2. The Kier molecular flexibility index (Phi) is 4.34. The van der Waals surface area contributed by atoms with Crippen LogP contribution in [0, 0.1) is 5.92 Å². The van der Waals surface area contributed by atoms with Crippen LogP contribution in [-0.4, -0.2) is 58.2 Å². The number of ether oxygens (including phenoxy) is 1. The van der Waals surface area contributed by atoms with E-state index in [1.807, 2.05) is 6.92 Å². The van der Waals surface area contributed by atoms with Crippen LogP contribution >= 0.6 is 0 Å². The summed E-state index contributed by atoms with van der Waals surface area (Å²) in [5, 5.41) is 9.81. The number of rotatable bonds is 2. The van der Waals surface area contributed by atoms with Crippen molar-refractivity contribution in [2.45, 2.75) is 19.4 Å². The van der Waals surface area contributed by atoms with Gasteiger partial charge in [-0.25, -0.2) is 4.98 Å². The van der Waals surface area contributed by atoms with Gasteiger partial charge in [0.2, 0.25) is 0 Å². The topological polar surface area (TPSA) is 126 Å². The molecule has 0 radical (unpaired) electrons. The van der Waals surface area contributed by atoms with Crippen molar-refractivity contribution in [1.82, 2.24) is 20.1 Å². The van der Waals surface area contributed by atoms with Crippen LogP contribution in [0.1, 0.15) is 13.3 Å². The third kappa shape index (κ3) is 2.90. The number of hydrogen-bond acceptors (Lipinski definition) is 6. The number of carbonyl (C=O) groups is 2. The zero-order chi connectivity index (χ0) is 17.3. The minimum atomic E-state index is -0.708. The zero-order valence-electron chi connectivity index (χ0n) is 13.6. The lowest BCUT2D eigenvalue weighted by Gasteiger charge is -2.35. The SMILES string of the molecule is COC1CCN(C(=O)C(=O)Nc2cnc(N)c3cn[nH]c23)CC1C. The van der Waals surface area contributed by atoms with Crippen molar-refractivity contribution >= 4 is 34.2 Å². The summed E-state index contributed by atoms with van der Waals surface area (Å²) < 4.78 is 5.37. The van der Waals surface area contributed by atoms with E-state index in [0.29, 0.717) is 41.9 Å². The van der Waals surface area contributed by atoms with Gasteiger partial charge in [0.25, 0.3) is 0 Å². The van der Waals surface area contributed by atoms with Crippen LogP contribution < -0.4 is 11.1 Å². The lowest BCUT2D eigenvalue weighted by atomic mass is 9.96. The average Bonchev–Trinajstić information content (AvgIpc) is 3.07. The van der Waals surface area contributed by atoms with Crippen molar-refractivity contribution in [2.24, 2.45) is 5.92 Å². The molecule has 3 heterocycles. The summed E-state index contributed by atoms with van der Waals surface area (Å²) in [5.41, 5.74) is 6.66. The molecule has 1 aliphatic rings. The second-order valence-electron chi connectivity index (χ2n) is 5.96. The smallest absolute Gasteiger partial charge is 0.314 e. The standard InChI is InChI=1S/C15H20N6O3/c1-8-7-21(4-3-11(8)24-2)15(23)14(22)19-10-6-17-13(16)9-5-18-20-12(9)10/h5-6,8,11H,3-4,7H2,1-2H3,(H2,16,17)(H,18,20)(H,19,22). The number of methoxy groups -OCH3 is 1. The summed E-state index contributed by atoms with van der Waals surface area (Å²) in [7, 11) is 1.66. The van der Waals surface area contributed by atoms with Crippen molar-refractivity contribution in [2.75, 3.05) is 31.2 Å². The molecule has 0 bridgehead atoms. The highest BCUT2D eigenvalue weighted by atomic mass is 16.5. The maximum Gasteiger partial charge on any atom is 0.314 e. The van der Waals surface area contributed by atoms with E-state index in [-0.39, 0.29) is 12.0 Å². The molecular formula is C15H20N6O3. The number of piperidine rings is 1. The molecule has 0 saturated carbocycles. The lowest BCUT2D eigenvalue weighted by molar-refractivity contribution is -0.145. The predicted molar refractivity (Wildman–Crippen MR) is 88.1 cm³/mol. The van der Waals surface area contributed by atoms with Gasteiger partial charge in [0.15, 0.2) is 0 Å². The summed E-state index contributed by atoms with van der Waals surface area (Å²) in [6.07, 6.45) is 3.75. The molecule has 3 rings (SSSR count). The molecule has 9 nitrogen and oxygen atoms in total. The van der Waals surface area contributed by atoms with Gasteiger partial charge in [0.05, 0.1) is 35.1 Å². The lowest BCUT2D eigenvalue weighted by Crippen LogP contribution is -2.49. The van der Waals surface area contributed by atoms with Crippen molar-refractivity contribution in [3.05, 3.63) is 12.4 Å². The number of likely N-dealkylation sites (tertiary alicyclic amines) is 1. The average molecular weight is 332 g/mol. The Labute approximate surface area is 138 Å². The molecule has 24 heavy (non-hydrogen) atoms. The highest BCUT2D eigenvalue weighted by Gasteiger charge is 2.31. The number of aromatic amines is 1. The number of aromatic nitrogens is 3. The molecule has 2 amide bonds. The van der Waals surface area contributed by atoms with Crippen molar-refractivity contribution < 1.29 is 14.3 Å². The Morgan fingerprint density at radius 2 is 2.25 bits per heavy atom. The van der Waals surface area contributed by atoms with Gasteiger partial charge in [-0.15, -0.1) is 0 Å². The van der Waals surface area contributed by atoms with Gasteiger partial charge in [-0.1, -0.05) is 6.92 Å². The van der Waals surface area contributed by atoms with Crippen LogP contribution in [0.4, 0.5) is 11.5 Å². The van der Waals surface area contributed by atoms with Gasteiger partial charge in [0, 0.05) is 20.2 Å². The number of H-pyrrole nitrogens is 1. The van der Waals surface area contributed by atoms with E-state index >= 15 is 0 Å². The van der Waals surface area contributed by atoms with E-state index in [2.05, 4.69) is 20.5 Å². The molecule has 0 aromatic carbocycles. The van der Waals surface area contributed by atoms with E-state index in [1.54, 1.807) is 12.0 Å². The van der Waals surface area contributed by atoms with Gasteiger partial charge in [-0.05, 0) is 12.3 Å². The largest absolute Gasteiger partial charge is 0.383 e. The Morgan fingerprint density at radius 3 is 2.96 bits per heavy atom. The molecule has 1 aliphatic heterocycles. The summed E-state index contributed by atoms with van der Waals surface area (Å²) in [5.74, 6) is -0.794. The first-order valence-corrected chi connectivity index (χ1v) is 7.72. The summed E-state index contributed by atoms with van der Waals surface area (Å²) >= 11 is 0. The number of hydrogen-bond donors (Lipinski definition) is 3. The van der Waals surface area contributed by atoms with E-state index in [9.17, 15) is 9.59 Å². The second-order valence-corrected chi connectivity index (χ2v) is 5.96. The molecule has 9 heteroatoms. The molecule has 2 aromatic heterocycles. The Hall–Kier alpha value is -2.68. The van der Waals surface area contributed by atoms with Gasteiger partial charge >= 0.3 is 11.8 Å². The minimum Gasteiger partial charge on any atom is -0.383 e. The molecule has 0 aliphatic carbocycles. The highest BCUT2D eigenvalue weighted by Crippen LogP contribution is 2.24. The molecule has 2 unspecified atom stereocenters. The summed E-state index contributed by atoms with van der Waals surface area (Å²) in [6, 6.07) is 0. The molecular weight excluding hydrogens is 312 g/mol. The number of nitrogen functional groups attached to an aromatic ring is 1. The third-order valence-corrected chi connectivity index (χ3v) is 4.38. The Morgan fingerprint density at radius 1 is 1.46 bits per heavy atom. The fourth-order valence-electron chi connectivity index (χ4n) is 3.03. The van der Waals surface area contributed by atoms with Gasteiger partial charge in [-0.3, -0.25) is 14.7 Å². The van der Waals surface area contributed by atoms with Crippen LogP contribution in [-0.2, 0) is 14.3 Å². The predicted octanol–water partition coefficient (Wildman–Crippen LogP) is 0.362. The van der Waals surface area contributed by atoms with E-state index in [1.165, 1.54) is 12.4 Å². The maximum atomic E-state index is 12.4. The number of pyridine rings is 1. The van der Waals surface area contributed by atoms with E-state index < -0.39 is 11.8 Å². The second kappa shape index (κ2) is 6.44. The normalized spacial score (nSPS) is 21.0. The van der Waals surface area contributed by atoms with Crippen LogP contribution in [0.15, 0.2) is 12.4 Å². The molecule has 1 fully saturated rings. The monoisotopic (exact) mass is 332 g/mol. The van der Waals surface area contributed by atoms with Crippen LogP contribution in [0.25, 0.3) is 10.9 Å². The van der Waals surface area contributed by atoms with Crippen LogP contribution in [0.3, 0.4) is 0 Å². The van der Waals surface area contributed by atoms with Gasteiger partial charge in [-0.2, -0.15) is 5.10 Å². The maximum absolute atomic E-state index is 12.4. The summed E-state index contributed by atoms with van der Waals surface area (Å²) in [6.45, 7) is 2.99. The van der Waals surface area contributed by atoms with Gasteiger partial charge < -0.3 is 20.7 Å². The number of anilines is 2. The minimum absolute atomic E-state index is 0.114. The number of amides is 2. The number of fused-ring (bicyclic) bond motifs is 1. The van der Waals surface area contributed by atoms with Crippen LogP contribution in [0.5, 0.6) is 0 Å². The number of nitrogens with two attached hydrogens (primary N) is 1. The quantitative estimate of drug-likeness (QED) is 0.682. The molecule has 2 atom stereocenters. The molecule has 0 spiro atoms. The molecule has 1 saturated heterocycles. The fourth-order valence-corrected chi connectivity index (χ4v) is 3.03. The van der Waals surface area contributed by atoms with Gasteiger partial charge in [0.1, 0.15) is 5.82 Å². The zero-order valence-corrected chi connectivity index (χ0v) is 13.6. The third-order valence-electron chi connectivity index (χ3n) is 4.38. The fraction of sp³-hybridized carbons (Fsp3) is 0.467. The Bertz CT molecular complexity index is 774. The highest BCUT2D eigenvalue weighted by molar-refractivity contribution is 6.40. The van der Waals surface area contributed by atoms with E-state index in [0.717, 1.165) is 0 Å². The Balaban J connectivity index is 1.71. The van der Waals surface area contributed by atoms with Crippen molar-refractivity contribution in [3.8, 4) is 0 Å². The molecule has 128 valence electrons. The first-order chi connectivity index (χ1) is 11.5. The van der Waals surface area contributed by atoms with Crippen molar-refractivity contribution in [1.29, 1.82) is 0 Å². The first-order valence-electron chi connectivity index (χ1n) is 7.72. The summed E-state index contributed by atoms with van der Waals surface area (Å²) in [4.78, 5) is 30.2. The number of nitrogens with zero attached hydrogens (tertiary/aromatic N) is 3. The van der Waals surface area contributed by atoms with E-state index in [4.69, 9.17) is 10.5 Å².